The van der Waals surface area contributed by atoms with Crippen LogP contribution in [0.15, 0.2) is 30.3 Å². The Morgan fingerprint density at radius 1 is 0.958 bits per heavy atom. The summed E-state index contributed by atoms with van der Waals surface area (Å²) in [7, 11) is 0. The van der Waals surface area contributed by atoms with Crippen molar-refractivity contribution in [1.29, 1.82) is 0 Å². The van der Waals surface area contributed by atoms with E-state index >= 15 is 0 Å². The van der Waals surface area contributed by atoms with Gasteiger partial charge >= 0.3 is 0 Å². The van der Waals surface area contributed by atoms with E-state index in [1.807, 2.05) is 0 Å². The Labute approximate surface area is 145 Å². The van der Waals surface area contributed by atoms with E-state index in [-0.39, 0.29) is 4.65 Å². The van der Waals surface area contributed by atoms with Gasteiger partial charge in [0.15, 0.2) is 0 Å². The maximum Gasteiger partial charge on any atom is 0.0928 e. The molecule has 6 atom stereocenters. The van der Waals surface area contributed by atoms with Crippen molar-refractivity contribution in [3.8, 4) is 0 Å². The van der Waals surface area contributed by atoms with Gasteiger partial charge in [-0.25, -0.2) is 0 Å². The van der Waals surface area contributed by atoms with E-state index in [4.69, 9.17) is 0 Å². The monoisotopic (exact) mass is 326 g/mol. The highest BCUT2D eigenvalue weighted by molar-refractivity contribution is 5.20. The summed E-state index contributed by atoms with van der Waals surface area (Å²) in [5.74, 6) is 1.28. The molecule has 0 aliphatic carbocycles. The first kappa shape index (κ1) is 15.4. The van der Waals surface area contributed by atoms with Crippen LogP contribution in [-0.4, -0.2) is 41.3 Å². The lowest BCUT2D eigenvalue weighted by molar-refractivity contribution is -0.925. The van der Waals surface area contributed by atoms with Crippen molar-refractivity contribution in [2.75, 3.05) is 19.6 Å². The van der Waals surface area contributed by atoms with Crippen LogP contribution in [0.25, 0.3) is 0 Å². The molecule has 0 radical (unpaired) electrons. The predicted octanol–water partition coefficient (Wildman–Crippen LogP) is 4.10. The van der Waals surface area contributed by atoms with Gasteiger partial charge in [-0.2, -0.15) is 0 Å². The molecule has 1 unspecified atom stereocenters. The summed E-state index contributed by atoms with van der Waals surface area (Å²) >= 11 is 0. The molecule has 2 bridgehead atoms. The molecule has 0 amide bonds. The molecule has 3 nitrogen and oxygen atoms in total. The third-order valence-electron chi connectivity index (χ3n) is 7.56. The molecule has 0 saturated carbocycles. The number of quaternary nitrogens is 1. The van der Waals surface area contributed by atoms with Crippen LogP contribution in [0, 0.1) is 17.0 Å². The minimum Gasteiger partial charge on any atom is -0.633 e. The van der Waals surface area contributed by atoms with E-state index in [0.717, 1.165) is 19.5 Å². The molecule has 130 valence electrons. The summed E-state index contributed by atoms with van der Waals surface area (Å²) in [5, 5.41) is 13.5. The second-order valence-corrected chi connectivity index (χ2v) is 8.80. The van der Waals surface area contributed by atoms with Crippen LogP contribution in [0.4, 0.5) is 0 Å². The Kier molecular flexibility index (Phi) is 3.73. The van der Waals surface area contributed by atoms with Gasteiger partial charge in [0.2, 0.25) is 0 Å². The van der Waals surface area contributed by atoms with Crippen LogP contribution in [-0.2, 0) is 0 Å². The Balaban J connectivity index is 1.45. The van der Waals surface area contributed by atoms with Gasteiger partial charge in [-0.3, -0.25) is 4.90 Å². The zero-order valence-electron chi connectivity index (χ0n) is 14.6. The number of hydrogen-bond acceptors (Lipinski definition) is 2. The second kappa shape index (κ2) is 5.82. The lowest BCUT2D eigenvalue weighted by Gasteiger charge is -2.64. The van der Waals surface area contributed by atoms with Gasteiger partial charge in [-0.05, 0) is 44.1 Å². The molecule has 5 rings (SSSR count). The van der Waals surface area contributed by atoms with Crippen molar-refractivity contribution in [3.05, 3.63) is 41.1 Å². The molecule has 0 spiro atoms. The van der Waals surface area contributed by atoms with Crippen LogP contribution < -0.4 is 0 Å². The molecule has 4 saturated heterocycles. The third kappa shape index (κ3) is 2.36. The average molecular weight is 326 g/mol. The van der Waals surface area contributed by atoms with Crippen LogP contribution in [0.1, 0.15) is 56.6 Å². The molecular formula is C21H30N2O. The fraction of sp³-hybridized carbons (Fsp3) is 0.714. The maximum atomic E-state index is 13.5. The summed E-state index contributed by atoms with van der Waals surface area (Å²) in [6.07, 6.45) is 8.86. The topological polar surface area (TPSA) is 26.3 Å². The first-order valence-electron chi connectivity index (χ1n) is 10.1. The third-order valence-corrected chi connectivity index (χ3v) is 7.56. The van der Waals surface area contributed by atoms with Crippen molar-refractivity contribution in [1.82, 2.24) is 4.90 Å². The van der Waals surface area contributed by atoms with Gasteiger partial charge in [0, 0.05) is 36.9 Å². The molecule has 3 heteroatoms. The van der Waals surface area contributed by atoms with Gasteiger partial charge in [0.25, 0.3) is 0 Å². The standard InChI is InChI=1S/C21H30N2O/c24-23-12-5-4-11-21(23)17-13-18(15-23)20-10-6-9-19(22(20)14-17)16-7-2-1-3-8-16/h1-3,7-8,17-21H,4-6,9-15H2/t17-,18+,19+,20+,21+,23?/m0/s1. The summed E-state index contributed by atoms with van der Waals surface area (Å²) in [6, 6.07) is 12.8. The molecule has 0 aromatic heterocycles. The Bertz CT molecular complexity index is 591. The number of piperidine rings is 4. The molecule has 4 aliphatic rings. The van der Waals surface area contributed by atoms with Gasteiger partial charge in [0.1, 0.15) is 0 Å². The molecular weight excluding hydrogens is 296 g/mol. The van der Waals surface area contributed by atoms with Crippen LogP contribution >= 0.6 is 0 Å². The molecule has 4 fully saturated rings. The number of rotatable bonds is 1. The molecule has 1 aromatic rings. The number of nitrogens with zero attached hydrogens (tertiary/aromatic N) is 2. The molecule has 4 aliphatic heterocycles. The van der Waals surface area contributed by atoms with Gasteiger partial charge in [-0.15, -0.1) is 0 Å². The van der Waals surface area contributed by atoms with Crippen molar-refractivity contribution in [3.63, 3.8) is 0 Å². The zero-order chi connectivity index (χ0) is 16.1. The zero-order valence-corrected chi connectivity index (χ0v) is 14.6. The van der Waals surface area contributed by atoms with E-state index in [2.05, 4.69) is 35.2 Å². The normalized spacial score (nSPS) is 45.3. The van der Waals surface area contributed by atoms with Crippen molar-refractivity contribution in [2.24, 2.45) is 11.8 Å². The fourth-order valence-electron chi connectivity index (χ4n) is 6.63. The second-order valence-electron chi connectivity index (χ2n) is 8.80. The molecule has 1 aromatic carbocycles. The lowest BCUT2D eigenvalue weighted by atomic mass is 9.69. The highest BCUT2D eigenvalue weighted by atomic mass is 16.5. The average Bonchev–Trinajstić information content (AvgIpc) is 2.62. The minimum atomic E-state index is 0.162. The molecule has 24 heavy (non-hydrogen) atoms. The minimum absolute atomic E-state index is 0.162. The number of benzene rings is 1. The number of hydrogen-bond donors (Lipinski definition) is 0. The van der Waals surface area contributed by atoms with Gasteiger partial charge < -0.3 is 9.85 Å². The molecule has 4 heterocycles. The van der Waals surface area contributed by atoms with E-state index < -0.39 is 0 Å². The van der Waals surface area contributed by atoms with Gasteiger partial charge in [-0.1, -0.05) is 30.3 Å². The van der Waals surface area contributed by atoms with Crippen molar-refractivity contribution in [2.45, 2.75) is 63.1 Å². The lowest BCUT2D eigenvalue weighted by Crippen LogP contribution is -2.69. The fourth-order valence-corrected chi connectivity index (χ4v) is 6.63. The van der Waals surface area contributed by atoms with E-state index in [9.17, 15) is 5.21 Å². The van der Waals surface area contributed by atoms with Crippen LogP contribution in [0.3, 0.4) is 0 Å². The maximum absolute atomic E-state index is 13.5. The first-order valence-corrected chi connectivity index (χ1v) is 10.1. The quantitative estimate of drug-likeness (QED) is 0.574. The number of hydroxylamine groups is 3. The van der Waals surface area contributed by atoms with Crippen LogP contribution in [0.5, 0.6) is 0 Å². The van der Waals surface area contributed by atoms with Crippen LogP contribution in [0.2, 0.25) is 0 Å². The Morgan fingerprint density at radius 3 is 2.71 bits per heavy atom. The van der Waals surface area contributed by atoms with E-state index in [1.165, 1.54) is 50.6 Å². The highest BCUT2D eigenvalue weighted by Crippen LogP contribution is 2.49. The SMILES string of the molecule is [O-][N+]12CCCC[C@@H]1[C@H]1C[C@H](C2)[C@H]2CCC[C@H](c3ccccc3)N2C1. The smallest absolute Gasteiger partial charge is 0.0928 e. The first-order chi connectivity index (χ1) is 11.7. The van der Waals surface area contributed by atoms with Gasteiger partial charge in [0.05, 0.1) is 19.1 Å². The largest absolute Gasteiger partial charge is 0.633 e. The van der Waals surface area contributed by atoms with E-state index in [0.29, 0.717) is 30.0 Å². The number of fused-ring (bicyclic) bond motifs is 6. The summed E-state index contributed by atoms with van der Waals surface area (Å²) in [4.78, 5) is 2.83. The predicted molar refractivity (Wildman–Crippen MR) is 96.1 cm³/mol. The highest BCUT2D eigenvalue weighted by Gasteiger charge is 2.53. The molecule has 0 N–H and O–H groups in total. The summed E-state index contributed by atoms with van der Waals surface area (Å²) < 4.78 is 0.162. The van der Waals surface area contributed by atoms with E-state index in [1.54, 1.807) is 0 Å². The van der Waals surface area contributed by atoms with Crippen molar-refractivity contribution < 1.29 is 4.65 Å². The van der Waals surface area contributed by atoms with Crippen molar-refractivity contribution >= 4 is 0 Å². The summed E-state index contributed by atoms with van der Waals surface area (Å²) in [5.41, 5.74) is 1.49. The summed E-state index contributed by atoms with van der Waals surface area (Å²) in [6.45, 7) is 2.98. The Hall–Kier alpha value is -0.900. The Morgan fingerprint density at radius 2 is 1.83 bits per heavy atom.